The van der Waals surface area contributed by atoms with E-state index < -0.39 is 11.7 Å². The molecule has 2 amide bonds. The molecule has 4 rings (SSSR count). The third kappa shape index (κ3) is 4.40. The Balaban J connectivity index is 1.50. The first kappa shape index (κ1) is 21.3. The van der Waals surface area contributed by atoms with E-state index in [4.69, 9.17) is 0 Å². The smallest absolute Gasteiger partial charge is 0.275 e. The number of aromatic nitrogens is 3. The van der Waals surface area contributed by atoms with Gasteiger partial charge in [-0.3, -0.25) is 14.4 Å². The molecule has 0 saturated heterocycles. The largest absolute Gasteiger partial charge is 0.326 e. The van der Waals surface area contributed by atoms with Gasteiger partial charge in [0.25, 0.3) is 5.56 Å². The van der Waals surface area contributed by atoms with Gasteiger partial charge in [0, 0.05) is 28.9 Å². The van der Waals surface area contributed by atoms with Gasteiger partial charge in [0.15, 0.2) is 5.13 Å². The molecule has 0 aliphatic carbocycles. The van der Waals surface area contributed by atoms with Crippen molar-refractivity contribution in [1.29, 1.82) is 0 Å². The maximum absolute atomic E-state index is 14.4. The van der Waals surface area contributed by atoms with Crippen molar-refractivity contribution >= 4 is 44.7 Å². The molecule has 32 heavy (non-hydrogen) atoms. The van der Waals surface area contributed by atoms with Gasteiger partial charge in [-0.25, -0.2) is 14.1 Å². The summed E-state index contributed by atoms with van der Waals surface area (Å²) in [6.07, 6.45) is 0. The Bertz CT molecular complexity index is 1410. The third-order valence-corrected chi connectivity index (χ3v) is 5.42. The molecule has 0 radical (unpaired) electrons. The standard InChI is InChI=1S/C22H18FN5O3S/c1-12-15-5-3-4-6-16(15)21(31)28(27-12)10-20(30)26-22-25-19(11-32-22)17-8-7-14(9-18(17)23)24-13(2)29/h3-9,11H,10H2,1-2H3,(H,24,29)(H,25,26,30). The molecule has 8 nitrogen and oxygen atoms in total. The van der Waals surface area contributed by atoms with Crippen LogP contribution in [0.4, 0.5) is 15.2 Å². The predicted octanol–water partition coefficient (Wildman–Crippen LogP) is 3.56. The number of carbonyl (C=O) groups excluding carboxylic acids is 2. The van der Waals surface area contributed by atoms with Gasteiger partial charge in [-0.2, -0.15) is 5.10 Å². The van der Waals surface area contributed by atoms with Crippen molar-refractivity contribution in [1.82, 2.24) is 14.8 Å². The number of benzene rings is 2. The Hall–Kier alpha value is -3.92. The van der Waals surface area contributed by atoms with Crippen molar-refractivity contribution in [3.63, 3.8) is 0 Å². The molecule has 0 aliphatic heterocycles. The predicted molar refractivity (Wildman–Crippen MR) is 121 cm³/mol. The number of nitrogens with one attached hydrogen (secondary N) is 2. The summed E-state index contributed by atoms with van der Waals surface area (Å²) >= 11 is 1.13. The topological polar surface area (TPSA) is 106 Å². The Kier molecular flexibility index (Phi) is 5.78. The van der Waals surface area contributed by atoms with E-state index in [-0.39, 0.29) is 28.7 Å². The van der Waals surface area contributed by atoms with E-state index in [1.165, 1.54) is 19.1 Å². The fourth-order valence-electron chi connectivity index (χ4n) is 3.27. The number of hydrogen-bond acceptors (Lipinski definition) is 6. The maximum Gasteiger partial charge on any atom is 0.275 e. The fourth-order valence-corrected chi connectivity index (χ4v) is 3.99. The number of rotatable bonds is 5. The highest BCUT2D eigenvalue weighted by molar-refractivity contribution is 7.14. The highest BCUT2D eigenvalue weighted by atomic mass is 32.1. The van der Waals surface area contributed by atoms with E-state index >= 15 is 0 Å². The van der Waals surface area contributed by atoms with Gasteiger partial charge in [-0.05, 0) is 31.2 Å². The van der Waals surface area contributed by atoms with Crippen LogP contribution in [0.5, 0.6) is 0 Å². The average molecular weight is 451 g/mol. The van der Waals surface area contributed by atoms with Crippen molar-refractivity contribution < 1.29 is 14.0 Å². The van der Waals surface area contributed by atoms with Gasteiger partial charge in [-0.1, -0.05) is 18.2 Å². The lowest BCUT2D eigenvalue weighted by Crippen LogP contribution is -2.30. The van der Waals surface area contributed by atoms with E-state index in [2.05, 4.69) is 20.7 Å². The number of carbonyl (C=O) groups is 2. The van der Waals surface area contributed by atoms with Gasteiger partial charge in [0.05, 0.1) is 16.8 Å². The Labute approximate surface area is 185 Å². The molecule has 2 aromatic heterocycles. The molecule has 0 aliphatic rings. The van der Waals surface area contributed by atoms with E-state index in [9.17, 15) is 18.8 Å². The molecule has 0 atom stereocenters. The van der Waals surface area contributed by atoms with Gasteiger partial charge >= 0.3 is 0 Å². The monoisotopic (exact) mass is 451 g/mol. The van der Waals surface area contributed by atoms with Gasteiger partial charge in [0.2, 0.25) is 11.8 Å². The van der Waals surface area contributed by atoms with Crippen LogP contribution in [-0.2, 0) is 16.1 Å². The maximum atomic E-state index is 14.4. The van der Waals surface area contributed by atoms with E-state index in [0.717, 1.165) is 21.4 Å². The molecule has 0 bridgehead atoms. The summed E-state index contributed by atoms with van der Waals surface area (Å²) in [6, 6.07) is 11.4. The van der Waals surface area contributed by atoms with Crippen LogP contribution < -0.4 is 16.2 Å². The van der Waals surface area contributed by atoms with E-state index in [1.54, 1.807) is 30.5 Å². The van der Waals surface area contributed by atoms with Crippen molar-refractivity contribution in [3.05, 3.63) is 69.7 Å². The summed E-state index contributed by atoms with van der Waals surface area (Å²) < 4.78 is 15.5. The van der Waals surface area contributed by atoms with Crippen LogP contribution in [0.2, 0.25) is 0 Å². The third-order valence-electron chi connectivity index (χ3n) is 4.66. The van der Waals surface area contributed by atoms with Crippen molar-refractivity contribution in [3.8, 4) is 11.3 Å². The molecule has 2 N–H and O–H groups in total. The van der Waals surface area contributed by atoms with Crippen LogP contribution in [0.1, 0.15) is 12.6 Å². The summed E-state index contributed by atoms with van der Waals surface area (Å²) in [7, 11) is 0. The number of thiazole rings is 1. The normalized spacial score (nSPS) is 10.8. The van der Waals surface area contributed by atoms with Crippen LogP contribution in [0.25, 0.3) is 22.0 Å². The molecular weight excluding hydrogens is 433 g/mol. The van der Waals surface area contributed by atoms with Crippen LogP contribution in [0.3, 0.4) is 0 Å². The lowest BCUT2D eigenvalue weighted by Gasteiger charge is -2.08. The van der Waals surface area contributed by atoms with Crippen molar-refractivity contribution in [2.45, 2.75) is 20.4 Å². The Morgan fingerprint density at radius 2 is 1.88 bits per heavy atom. The summed E-state index contributed by atoms with van der Waals surface area (Å²) in [6.45, 7) is 2.83. The molecule has 162 valence electrons. The first-order valence-corrected chi connectivity index (χ1v) is 10.5. The van der Waals surface area contributed by atoms with E-state index in [1.807, 2.05) is 12.1 Å². The molecule has 0 fully saturated rings. The highest BCUT2D eigenvalue weighted by Gasteiger charge is 2.14. The first-order chi connectivity index (χ1) is 15.3. The Morgan fingerprint density at radius 3 is 2.59 bits per heavy atom. The molecule has 2 heterocycles. The lowest BCUT2D eigenvalue weighted by molar-refractivity contribution is -0.117. The number of halogens is 1. The second kappa shape index (κ2) is 8.67. The average Bonchev–Trinajstić information content (AvgIpc) is 3.19. The number of amides is 2. The second-order valence-corrected chi connectivity index (χ2v) is 7.91. The SMILES string of the molecule is CC(=O)Nc1ccc(-c2csc(NC(=O)Cn3nc(C)c4ccccc4c3=O)n2)c(F)c1. The van der Waals surface area contributed by atoms with Crippen molar-refractivity contribution in [2.75, 3.05) is 10.6 Å². The molecule has 0 spiro atoms. The van der Waals surface area contributed by atoms with Crippen molar-refractivity contribution in [2.24, 2.45) is 0 Å². The molecule has 4 aromatic rings. The zero-order chi connectivity index (χ0) is 22.8. The molecule has 2 aromatic carbocycles. The highest BCUT2D eigenvalue weighted by Crippen LogP contribution is 2.28. The Morgan fingerprint density at radius 1 is 1.12 bits per heavy atom. The van der Waals surface area contributed by atoms with Gasteiger partial charge in [0.1, 0.15) is 12.4 Å². The molecule has 0 saturated carbocycles. The van der Waals surface area contributed by atoms with Crippen LogP contribution in [-0.4, -0.2) is 26.6 Å². The van der Waals surface area contributed by atoms with E-state index in [0.29, 0.717) is 22.5 Å². The molecule has 10 heteroatoms. The molecule has 0 unspecified atom stereocenters. The van der Waals surface area contributed by atoms with Crippen LogP contribution in [0.15, 0.2) is 52.6 Å². The summed E-state index contributed by atoms with van der Waals surface area (Å²) in [5.74, 6) is -1.33. The van der Waals surface area contributed by atoms with Gasteiger partial charge < -0.3 is 10.6 Å². The minimum absolute atomic E-state index is 0.235. The van der Waals surface area contributed by atoms with Crippen LogP contribution in [0, 0.1) is 12.7 Å². The zero-order valence-electron chi connectivity index (χ0n) is 17.2. The summed E-state index contributed by atoms with van der Waals surface area (Å²) in [5.41, 5.74) is 1.20. The number of anilines is 2. The summed E-state index contributed by atoms with van der Waals surface area (Å²) in [5, 5.41) is 12.5. The number of fused-ring (bicyclic) bond motifs is 1. The molecular formula is C22H18FN5O3S. The van der Waals surface area contributed by atoms with Gasteiger partial charge in [-0.15, -0.1) is 11.3 Å². The fraction of sp³-hybridized carbons (Fsp3) is 0.136. The zero-order valence-corrected chi connectivity index (χ0v) is 18.0. The second-order valence-electron chi connectivity index (χ2n) is 7.06. The lowest BCUT2D eigenvalue weighted by atomic mass is 10.1. The minimum atomic E-state index is -0.554. The van der Waals surface area contributed by atoms with Crippen LogP contribution >= 0.6 is 11.3 Å². The quantitative estimate of drug-likeness (QED) is 0.483. The first-order valence-electron chi connectivity index (χ1n) is 9.61. The number of hydrogen-bond donors (Lipinski definition) is 2. The number of nitrogens with zero attached hydrogens (tertiary/aromatic N) is 3. The summed E-state index contributed by atoms with van der Waals surface area (Å²) in [4.78, 5) is 40.5. The minimum Gasteiger partial charge on any atom is -0.326 e. The number of aryl methyl sites for hydroxylation is 1.